The van der Waals surface area contributed by atoms with Gasteiger partial charge in [-0.15, -0.1) is 0 Å². The largest absolute Gasteiger partial charge is 0.392 e. The average molecular weight is 154 g/mol. The van der Waals surface area contributed by atoms with E-state index in [1.54, 1.807) is 0 Å². The number of hydrogen-bond donors (Lipinski definition) is 1. The molecule has 0 saturated heterocycles. The Balaban J connectivity index is 3.17. The van der Waals surface area contributed by atoms with E-state index in [-0.39, 0.29) is 6.61 Å². The fraction of sp³-hybridized carbons (Fsp3) is 0.625. The Kier molecular flexibility index (Phi) is 2.29. The van der Waals surface area contributed by atoms with Crippen LogP contribution in [0.25, 0.3) is 0 Å². The van der Waals surface area contributed by atoms with Gasteiger partial charge in [0.15, 0.2) is 0 Å². The van der Waals surface area contributed by atoms with Gasteiger partial charge in [-0.25, -0.2) is 0 Å². The molecule has 3 heteroatoms. The third-order valence-electron chi connectivity index (χ3n) is 1.97. The maximum absolute atomic E-state index is 8.99. The summed E-state index contributed by atoms with van der Waals surface area (Å²) in [5, 5.41) is 13.2. The highest BCUT2D eigenvalue weighted by atomic mass is 16.3. The zero-order chi connectivity index (χ0) is 8.43. The third-order valence-corrected chi connectivity index (χ3v) is 1.97. The van der Waals surface area contributed by atoms with Crippen LogP contribution < -0.4 is 0 Å². The fourth-order valence-electron chi connectivity index (χ4n) is 1.40. The number of aryl methyl sites for hydroxylation is 2. The highest BCUT2D eigenvalue weighted by Gasteiger charge is 2.09. The van der Waals surface area contributed by atoms with Gasteiger partial charge in [-0.3, -0.25) is 4.68 Å². The number of hydrogen-bond acceptors (Lipinski definition) is 2. The van der Waals surface area contributed by atoms with Gasteiger partial charge in [0.1, 0.15) is 0 Å². The van der Waals surface area contributed by atoms with Gasteiger partial charge < -0.3 is 5.11 Å². The standard InChI is InChI=1S/C8H14N2O/c1-4-8-7(5-11)6(2)9-10(8)3/h11H,4-5H2,1-3H3. The summed E-state index contributed by atoms with van der Waals surface area (Å²) in [6.07, 6.45) is 0.924. The fourth-order valence-corrected chi connectivity index (χ4v) is 1.40. The van der Waals surface area contributed by atoms with E-state index >= 15 is 0 Å². The molecule has 0 amide bonds. The van der Waals surface area contributed by atoms with Crippen LogP contribution in [0.15, 0.2) is 0 Å². The lowest BCUT2D eigenvalue weighted by Crippen LogP contribution is -1.98. The predicted octanol–water partition coefficient (Wildman–Crippen LogP) is 0.783. The molecular formula is C8H14N2O. The van der Waals surface area contributed by atoms with E-state index in [9.17, 15) is 0 Å². The minimum atomic E-state index is 0.100. The van der Waals surface area contributed by atoms with Crippen LogP contribution in [-0.2, 0) is 20.1 Å². The Hall–Kier alpha value is -0.830. The number of aromatic nitrogens is 2. The van der Waals surface area contributed by atoms with Gasteiger partial charge in [0.05, 0.1) is 12.3 Å². The highest BCUT2D eigenvalue weighted by molar-refractivity contribution is 5.24. The summed E-state index contributed by atoms with van der Waals surface area (Å²) in [5.41, 5.74) is 3.05. The van der Waals surface area contributed by atoms with E-state index < -0.39 is 0 Å². The van der Waals surface area contributed by atoms with Crippen LogP contribution >= 0.6 is 0 Å². The topological polar surface area (TPSA) is 38.1 Å². The van der Waals surface area contributed by atoms with Crippen molar-refractivity contribution in [1.82, 2.24) is 9.78 Å². The Morgan fingerprint density at radius 3 is 2.55 bits per heavy atom. The zero-order valence-corrected chi connectivity index (χ0v) is 7.26. The molecule has 3 nitrogen and oxygen atoms in total. The van der Waals surface area contributed by atoms with Crippen molar-refractivity contribution < 1.29 is 5.11 Å². The molecule has 0 radical (unpaired) electrons. The van der Waals surface area contributed by atoms with Crippen LogP contribution in [-0.4, -0.2) is 14.9 Å². The molecular weight excluding hydrogens is 140 g/mol. The van der Waals surface area contributed by atoms with Gasteiger partial charge in [-0.05, 0) is 13.3 Å². The number of aliphatic hydroxyl groups excluding tert-OH is 1. The smallest absolute Gasteiger partial charge is 0.0718 e. The molecule has 1 aromatic rings. The minimum absolute atomic E-state index is 0.100. The summed E-state index contributed by atoms with van der Waals surface area (Å²) in [6.45, 7) is 4.09. The van der Waals surface area contributed by atoms with Gasteiger partial charge in [0, 0.05) is 18.3 Å². The van der Waals surface area contributed by atoms with Crippen LogP contribution in [0.1, 0.15) is 23.9 Å². The first-order valence-corrected chi connectivity index (χ1v) is 3.82. The van der Waals surface area contributed by atoms with Crippen LogP contribution in [0.2, 0.25) is 0 Å². The van der Waals surface area contributed by atoms with Crippen molar-refractivity contribution in [1.29, 1.82) is 0 Å². The van der Waals surface area contributed by atoms with Crippen molar-refractivity contribution in [3.63, 3.8) is 0 Å². The SMILES string of the molecule is CCc1c(CO)c(C)nn1C. The third kappa shape index (κ3) is 1.28. The normalized spacial score (nSPS) is 10.5. The van der Waals surface area contributed by atoms with E-state index in [0.29, 0.717) is 0 Å². The van der Waals surface area contributed by atoms with Crippen molar-refractivity contribution in [3.05, 3.63) is 17.0 Å². The van der Waals surface area contributed by atoms with Crippen molar-refractivity contribution in [3.8, 4) is 0 Å². The molecule has 0 aliphatic rings. The highest BCUT2D eigenvalue weighted by Crippen LogP contribution is 2.12. The summed E-state index contributed by atoms with van der Waals surface area (Å²) in [6, 6.07) is 0. The van der Waals surface area contributed by atoms with Gasteiger partial charge >= 0.3 is 0 Å². The molecule has 1 rings (SSSR count). The molecule has 0 bridgehead atoms. The summed E-state index contributed by atoms with van der Waals surface area (Å²) in [5.74, 6) is 0. The van der Waals surface area contributed by atoms with Crippen molar-refractivity contribution in [2.45, 2.75) is 26.9 Å². The van der Waals surface area contributed by atoms with Crippen molar-refractivity contribution in [2.24, 2.45) is 7.05 Å². The molecule has 0 aromatic carbocycles. The van der Waals surface area contributed by atoms with Crippen LogP contribution in [0.4, 0.5) is 0 Å². The van der Waals surface area contributed by atoms with Gasteiger partial charge in [0.2, 0.25) is 0 Å². The second-order valence-electron chi connectivity index (χ2n) is 2.65. The summed E-state index contributed by atoms with van der Waals surface area (Å²) < 4.78 is 1.83. The van der Waals surface area contributed by atoms with Gasteiger partial charge in [-0.2, -0.15) is 5.10 Å². The molecule has 1 N–H and O–H groups in total. The number of aliphatic hydroxyl groups is 1. The predicted molar refractivity (Wildman–Crippen MR) is 43.2 cm³/mol. The first-order chi connectivity index (χ1) is 5.20. The van der Waals surface area contributed by atoms with Gasteiger partial charge in [-0.1, -0.05) is 6.92 Å². The first kappa shape index (κ1) is 8.27. The molecule has 1 aromatic heterocycles. The Morgan fingerprint density at radius 1 is 1.55 bits per heavy atom. The van der Waals surface area contributed by atoms with Crippen molar-refractivity contribution >= 4 is 0 Å². The summed E-state index contributed by atoms with van der Waals surface area (Å²) >= 11 is 0. The maximum atomic E-state index is 8.99. The molecule has 11 heavy (non-hydrogen) atoms. The van der Waals surface area contributed by atoms with Crippen LogP contribution in [0.5, 0.6) is 0 Å². The van der Waals surface area contributed by atoms with E-state index in [1.165, 1.54) is 0 Å². The lowest BCUT2D eigenvalue weighted by molar-refractivity contribution is 0.279. The molecule has 62 valence electrons. The molecule has 1 heterocycles. The molecule has 0 spiro atoms. The second-order valence-corrected chi connectivity index (χ2v) is 2.65. The maximum Gasteiger partial charge on any atom is 0.0718 e. The van der Waals surface area contributed by atoms with E-state index in [1.807, 2.05) is 18.7 Å². The monoisotopic (exact) mass is 154 g/mol. The Morgan fingerprint density at radius 2 is 2.18 bits per heavy atom. The minimum Gasteiger partial charge on any atom is -0.392 e. The first-order valence-electron chi connectivity index (χ1n) is 3.82. The summed E-state index contributed by atoms with van der Waals surface area (Å²) in [4.78, 5) is 0. The van der Waals surface area contributed by atoms with E-state index in [4.69, 9.17) is 5.11 Å². The lowest BCUT2D eigenvalue weighted by atomic mass is 10.1. The molecule has 0 saturated carbocycles. The molecule has 0 fully saturated rings. The number of nitrogens with zero attached hydrogens (tertiary/aromatic N) is 2. The second kappa shape index (κ2) is 3.05. The molecule has 0 unspecified atom stereocenters. The number of rotatable bonds is 2. The molecule has 0 aliphatic carbocycles. The molecule has 0 atom stereocenters. The Labute approximate surface area is 66.7 Å². The lowest BCUT2D eigenvalue weighted by Gasteiger charge is -1.99. The van der Waals surface area contributed by atoms with Crippen LogP contribution in [0, 0.1) is 6.92 Å². The van der Waals surface area contributed by atoms with Crippen molar-refractivity contribution in [2.75, 3.05) is 0 Å². The average Bonchev–Trinajstić information content (AvgIpc) is 2.24. The summed E-state index contributed by atoms with van der Waals surface area (Å²) in [7, 11) is 1.91. The van der Waals surface area contributed by atoms with E-state index in [0.717, 1.165) is 23.4 Å². The van der Waals surface area contributed by atoms with Crippen LogP contribution in [0.3, 0.4) is 0 Å². The van der Waals surface area contributed by atoms with Gasteiger partial charge in [0.25, 0.3) is 0 Å². The molecule has 0 aliphatic heterocycles. The quantitative estimate of drug-likeness (QED) is 0.683. The zero-order valence-electron chi connectivity index (χ0n) is 7.26. The Bertz CT molecular complexity index is 228. The van der Waals surface area contributed by atoms with E-state index in [2.05, 4.69) is 12.0 Å².